The Morgan fingerprint density at radius 1 is 1.27 bits per heavy atom. The third-order valence-corrected chi connectivity index (χ3v) is 2.20. The van der Waals surface area contributed by atoms with Crippen LogP contribution in [-0.2, 0) is 12.8 Å². The van der Waals surface area contributed by atoms with Crippen LogP contribution in [-0.4, -0.2) is 5.11 Å². The molecule has 0 aliphatic rings. The van der Waals surface area contributed by atoms with E-state index >= 15 is 0 Å². The van der Waals surface area contributed by atoms with Gasteiger partial charge in [-0.05, 0) is 24.5 Å². The van der Waals surface area contributed by atoms with Gasteiger partial charge in [0, 0.05) is 5.56 Å². The quantitative estimate of drug-likeness (QED) is 0.758. The lowest BCUT2D eigenvalue weighted by molar-refractivity contribution is 0.464. The second-order valence-electron chi connectivity index (χ2n) is 3.20. The predicted molar refractivity (Wildman–Crippen MR) is 60.6 cm³/mol. The van der Waals surface area contributed by atoms with Gasteiger partial charge in [-0.15, -0.1) is 13.2 Å². The third-order valence-electron chi connectivity index (χ3n) is 2.20. The second kappa shape index (κ2) is 5.02. The summed E-state index contributed by atoms with van der Waals surface area (Å²) in [4.78, 5) is 0. The second-order valence-corrected chi connectivity index (χ2v) is 3.20. The normalized spacial score (nSPS) is 9.27. The maximum atomic E-state index is 9.92. The van der Waals surface area contributed by atoms with Crippen LogP contribution in [0.1, 0.15) is 16.7 Å². The van der Waals surface area contributed by atoms with Crippen molar-refractivity contribution in [2.45, 2.75) is 12.8 Å². The van der Waals surface area contributed by atoms with Crippen LogP contribution in [0.3, 0.4) is 0 Å². The van der Waals surface area contributed by atoms with Crippen molar-refractivity contribution in [1.82, 2.24) is 0 Å². The SMILES string of the molecule is C=CCc1ccc(C#N)c(CC=C)c1O. The summed E-state index contributed by atoms with van der Waals surface area (Å²) in [5.41, 5.74) is 1.94. The van der Waals surface area contributed by atoms with Crippen molar-refractivity contribution in [2.75, 3.05) is 0 Å². The molecule has 0 aliphatic heterocycles. The number of phenolic OH excluding ortho intramolecular Hbond substituents is 1. The molecule has 0 bridgehead atoms. The van der Waals surface area contributed by atoms with E-state index in [0.29, 0.717) is 24.0 Å². The number of nitriles is 1. The van der Waals surface area contributed by atoms with Gasteiger partial charge >= 0.3 is 0 Å². The van der Waals surface area contributed by atoms with E-state index in [2.05, 4.69) is 19.2 Å². The van der Waals surface area contributed by atoms with Gasteiger partial charge in [-0.1, -0.05) is 18.2 Å². The zero-order chi connectivity index (χ0) is 11.3. The summed E-state index contributed by atoms with van der Waals surface area (Å²) in [6.07, 6.45) is 4.49. The Morgan fingerprint density at radius 3 is 2.47 bits per heavy atom. The molecule has 2 heteroatoms. The van der Waals surface area contributed by atoms with Crippen LogP contribution in [0.25, 0.3) is 0 Å². The number of rotatable bonds is 4. The summed E-state index contributed by atoms with van der Waals surface area (Å²) in [7, 11) is 0. The van der Waals surface area contributed by atoms with E-state index in [0.717, 1.165) is 5.56 Å². The summed E-state index contributed by atoms with van der Waals surface area (Å²) in [5.74, 6) is 0.189. The average molecular weight is 199 g/mol. The highest BCUT2D eigenvalue weighted by Crippen LogP contribution is 2.27. The molecule has 0 fully saturated rings. The lowest BCUT2D eigenvalue weighted by Gasteiger charge is -2.08. The van der Waals surface area contributed by atoms with Gasteiger partial charge in [0.1, 0.15) is 5.75 Å². The molecule has 1 aromatic carbocycles. The predicted octanol–water partition coefficient (Wildman–Crippen LogP) is 2.72. The standard InChI is InChI=1S/C13H13NO/c1-3-5-10-7-8-11(9-14)12(6-4-2)13(10)15/h3-4,7-8,15H,1-2,5-6H2. The van der Waals surface area contributed by atoms with Gasteiger partial charge in [-0.25, -0.2) is 0 Å². The Morgan fingerprint density at radius 2 is 1.93 bits per heavy atom. The first-order valence-corrected chi connectivity index (χ1v) is 4.70. The molecule has 0 amide bonds. The van der Waals surface area contributed by atoms with Gasteiger partial charge in [-0.2, -0.15) is 5.26 Å². The number of aromatic hydroxyl groups is 1. The van der Waals surface area contributed by atoms with Crippen LogP contribution in [0.4, 0.5) is 0 Å². The lowest BCUT2D eigenvalue weighted by atomic mass is 9.99. The van der Waals surface area contributed by atoms with Gasteiger partial charge in [-0.3, -0.25) is 0 Å². The highest BCUT2D eigenvalue weighted by atomic mass is 16.3. The van der Waals surface area contributed by atoms with Crippen molar-refractivity contribution >= 4 is 0 Å². The van der Waals surface area contributed by atoms with E-state index in [1.54, 1.807) is 24.3 Å². The molecule has 0 aromatic heterocycles. The van der Waals surface area contributed by atoms with E-state index < -0.39 is 0 Å². The van der Waals surface area contributed by atoms with Crippen molar-refractivity contribution < 1.29 is 5.11 Å². The Hall–Kier alpha value is -2.01. The van der Waals surface area contributed by atoms with Crippen molar-refractivity contribution in [3.63, 3.8) is 0 Å². The molecule has 0 saturated heterocycles. The van der Waals surface area contributed by atoms with E-state index in [-0.39, 0.29) is 5.75 Å². The molecule has 0 heterocycles. The molecule has 0 radical (unpaired) electrons. The first-order chi connectivity index (χ1) is 7.24. The first kappa shape index (κ1) is 11.1. The van der Waals surface area contributed by atoms with Crippen LogP contribution in [0.15, 0.2) is 37.4 Å². The number of benzene rings is 1. The van der Waals surface area contributed by atoms with E-state index in [1.807, 2.05) is 0 Å². The number of nitrogens with zero attached hydrogens (tertiary/aromatic N) is 1. The summed E-state index contributed by atoms with van der Waals surface area (Å²) < 4.78 is 0. The van der Waals surface area contributed by atoms with Crippen molar-refractivity contribution in [3.05, 3.63) is 54.1 Å². The molecular formula is C13H13NO. The summed E-state index contributed by atoms with van der Waals surface area (Å²) in [5, 5.41) is 18.8. The zero-order valence-electron chi connectivity index (χ0n) is 8.53. The minimum absolute atomic E-state index is 0.189. The maximum Gasteiger partial charge on any atom is 0.123 e. The topological polar surface area (TPSA) is 44.0 Å². The van der Waals surface area contributed by atoms with E-state index in [9.17, 15) is 5.11 Å². The monoisotopic (exact) mass is 199 g/mol. The number of phenols is 1. The van der Waals surface area contributed by atoms with Crippen LogP contribution in [0.5, 0.6) is 5.75 Å². The average Bonchev–Trinajstić information content (AvgIpc) is 2.25. The number of allylic oxidation sites excluding steroid dienone is 2. The molecule has 1 N–H and O–H groups in total. The molecule has 76 valence electrons. The van der Waals surface area contributed by atoms with Crippen molar-refractivity contribution in [2.24, 2.45) is 0 Å². The van der Waals surface area contributed by atoms with E-state index in [4.69, 9.17) is 5.26 Å². The Labute approximate surface area is 89.8 Å². The van der Waals surface area contributed by atoms with Gasteiger partial charge in [0.15, 0.2) is 0 Å². The highest BCUT2D eigenvalue weighted by Gasteiger charge is 2.10. The maximum absolute atomic E-state index is 9.92. The molecule has 0 aliphatic carbocycles. The summed E-state index contributed by atoms with van der Waals surface area (Å²) in [6, 6.07) is 5.53. The molecular weight excluding hydrogens is 186 g/mol. The number of hydrogen-bond donors (Lipinski definition) is 1. The zero-order valence-corrected chi connectivity index (χ0v) is 8.53. The fraction of sp³-hybridized carbons (Fsp3) is 0.154. The van der Waals surface area contributed by atoms with Gasteiger partial charge in [0.05, 0.1) is 11.6 Å². The Balaban J connectivity index is 3.29. The van der Waals surface area contributed by atoms with Gasteiger partial charge in [0.2, 0.25) is 0 Å². The smallest absolute Gasteiger partial charge is 0.123 e. The Kier molecular flexibility index (Phi) is 3.70. The summed E-state index contributed by atoms with van der Waals surface area (Å²) in [6.45, 7) is 7.23. The third kappa shape index (κ3) is 2.26. The molecule has 0 spiro atoms. The van der Waals surface area contributed by atoms with Crippen molar-refractivity contribution in [1.29, 1.82) is 5.26 Å². The molecule has 1 aromatic rings. The molecule has 15 heavy (non-hydrogen) atoms. The summed E-state index contributed by atoms with van der Waals surface area (Å²) >= 11 is 0. The minimum atomic E-state index is 0.189. The molecule has 1 rings (SSSR count). The molecule has 2 nitrogen and oxygen atoms in total. The lowest BCUT2D eigenvalue weighted by Crippen LogP contribution is -1.93. The highest BCUT2D eigenvalue weighted by molar-refractivity contribution is 5.51. The molecule has 0 unspecified atom stereocenters. The van der Waals surface area contributed by atoms with Crippen molar-refractivity contribution in [3.8, 4) is 11.8 Å². The van der Waals surface area contributed by atoms with Crippen LogP contribution in [0.2, 0.25) is 0 Å². The first-order valence-electron chi connectivity index (χ1n) is 4.70. The van der Waals surface area contributed by atoms with E-state index in [1.165, 1.54) is 0 Å². The number of hydrogen-bond acceptors (Lipinski definition) is 2. The molecule has 0 atom stereocenters. The van der Waals surface area contributed by atoms with Crippen LogP contribution < -0.4 is 0 Å². The Bertz CT molecular complexity index is 427. The fourth-order valence-electron chi connectivity index (χ4n) is 1.46. The van der Waals surface area contributed by atoms with Gasteiger partial charge in [0.25, 0.3) is 0 Å². The van der Waals surface area contributed by atoms with Crippen LogP contribution >= 0.6 is 0 Å². The molecule has 0 saturated carbocycles. The fourth-order valence-corrected chi connectivity index (χ4v) is 1.46. The largest absolute Gasteiger partial charge is 0.507 e. The van der Waals surface area contributed by atoms with Gasteiger partial charge < -0.3 is 5.11 Å². The minimum Gasteiger partial charge on any atom is -0.507 e. The van der Waals surface area contributed by atoms with Crippen LogP contribution in [0, 0.1) is 11.3 Å².